The molecule has 0 amide bonds. The van der Waals surface area contributed by atoms with Crippen LogP contribution in [-0.2, 0) is 0 Å². The minimum absolute atomic E-state index is 0.296. The van der Waals surface area contributed by atoms with Gasteiger partial charge >= 0.3 is 183 Å². The zero-order valence-corrected chi connectivity index (χ0v) is 19.6. The second kappa shape index (κ2) is 7.13. The first-order chi connectivity index (χ1) is 13.9. The Morgan fingerprint density at radius 1 is 0.571 bits per heavy atom. The average molecular weight is 540 g/mol. The zero-order chi connectivity index (χ0) is 18.5. The van der Waals surface area contributed by atoms with E-state index in [9.17, 15) is 0 Å². The third-order valence-corrected chi connectivity index (χ3v) is 12.5. The number of hydrogen-bond donors (Lipinski definition) is 0. The molecule has 0 aliphatic carbocycles. The second-order valence-electron chi connectivity index (χ2n) is 6.24. The summed E-state index contributed by atoms with van der Waals surface area (Å²) < 4.78 is 28.9. The Kier molecular flexibility index (Phi) is 4.45. The van der Waals surface area contributed by atoms with Crippen LogP contribution in [0.3, 0.4) is 0 Å². The molecule has 6 rings (SSSR count). The van der Waals surface area contributed by atoms with Gasteiger partial charge in [-0.3, -0.25) is 0 Å². The van der Waals surface area contributed by atoms with Crippen LogP contribution < -0.4 is 18.9 Å². The molecular formula is C20H14O4S2Se2. The van der Waals surface area contributed by atoms with Crippen molar-refractivity contribution < 1.29 is 18.9 Å². The molecule has 0 saturated carbocycles. The summed E-state index contributed by atoms with van der Waals surface area (Å²) in [5.41, 5.74) is 0. The summed E-state index contributed by atoms with van der Waals surface area (Å²) in [5, 5.41) is 4.14. The van der Waals surface area contributed by atoms with Crippen molar-refractivity contribution in [1.29, 1.82) is 0 Å². The van der Waals surface area contributed by atoms with E-state index in [4.69, 9.17) is 18.9 Å². The van der Waals surface area contributed by atoms with Crippen LogP contribution >= 0.6 is 22.7 Å². The number of thiophene rings is 2. The van der Waals surface area contributed by atoms with Crippen molar-refractivity contribution in [3.05, 3.63) is 35.0 Å². The fourth-order valence-electron chi connectivity index (χ4n) is 3.25. The molecule has 142 valence electrons. The molecule has 0 fully saturated rings. The molecule has 28 heavy (non-hydrogen) atoms. The van der Waals surface area contributed by atoms with Gasteiger partial charge in [-0.2, -0.15) is 0 Å². The summed E-state index contributed by atoms with van der Waals surface area (Å²) in [7, 11) is 0. The summed E-state index contributed by atoms with van der Waals surface area (Å²) >= 11 is 4.05. The Hall–Kier alpha value is -1.40. The third-order valence-electron chi connectivity index (χ3n) is 4.50. The molecule has 0 unspecified atom stereocenters. The van der Waals surface area contributed by atoms with E-state index in [1.54, 1.807) is 22.7 Å². The van der Waals surface area contributed by atoms with Gasteiger partial charge in [0.1, 0.15) is 0 Å². The normalized spacial score (nSPS) is 15.0. The quantitative estimate of drug-likeness (QED) is 0.360. The van der Waals surface area contributed by atoms with E-state index < -0.39 is 0 Å². The SMILES string of the molecule is c1cc(-c2scc3c2OCCO3)[se]c1-c1ccc(-c2scc3c2OCCO3)[se]1. The van der Waals surface area contributed by atoms with Crippen LogP contribution in [0.25, 0.3) is 27.5 Å². The van der Waals surface area contributed by atoms with Crippen molar-refractivity contribution in [3.63, 3.8) is 0 Å². The molecule has 0 N–H and O–H groups in total. The number of ether oxygens (including phenoxy) is 4. The third kappa shape index (κ3) is 2.91. The van der Waals surface area contributed by atoms with Gasteiger partial charge in [0.15, 0.2) is 0 Å². The number of rotatable bonds is 3. The first kappa shape index (κ1) is 17.5. The average Bonchev–Trinajstić information content (AvgIpc) is 3.51. The molecule has 0 spiro atoms. The van der Waals surface area contributed by atoms with Crippen molar-refractivity contribution in [3.8, 4) is 50.5 Å². The first-order valence-corrected chi connectivity index (χ1v) is 14.0. The molecule has 0 radical (unpaired) electrons. The Labute approximate surface area is 181 Å². The van der Waals surface area contributed by atoms with Crippen molar-refractivity contribution in [2.75, 3.05) is 26.4 Å². The van der Waals surface area contributed by atoms with E-state index in [2.05, 4.69) is 35.0 Å². The molecule has 0 bridgehead atoms. The molecule has 0 atom stereocenters. The second-order valence-corrected chi connectivity index (χ2v) is 12.5. The molecular weight excluding hydrogens is 526 g/mol. The van der Waals surface area contributed by atoms with Crippen molar-refractivity contribution >= 4 is 51.7 Å². The van der Waals surface area contributed by atoms with Crippen LogP contribution in [0.2, 0.25) is 0 Å². The van der Waals surface area contributed by atoms with Crippen LogP contribution in [0.4, 0.5) is 0 Å². The summed E-state index contributed by atoms with van der Waals surface area (Å²) in [4.78, 5) is 2.47. The van der Waals surface area contributed by atoms with E-state index in [0.717, 1.165) is 23.0 Å². The Balaban J connectivity index is 1.32. The fourth-order valence-corrected chi connectivity index (χ4v) is 10.5. The van der Waals surface area contributed by atoms with Crippen LogP contribution in [0.15, 0.2) is 35.0 Å². The van der Waals surface area contributed by atoms with Crippen LogP contribution in [-0.4, -0.2) is 55.4 Å². The summed E-state index contributed by atoms with van der Waals surface area (Å²) in [6.07, 6.45) is 0. The molecule has 4 nitrogen and oxygen atoms in total. The van der Waals surface area contributed by atoms with Gasteiger partial charge < -0.3 is 0 Å². The maximum absolute atomic E-state index is 5.87. The molecule has 8 heteroatoms. The summed E-state index contributed by atoms with van der Waals surface area (Å²) in [6, 6.07) is 9.11. The van der Waals surface area contributed by atoms with Gasteiger partial charge in [-0.15, -0.1) is 0 Å². The summed E-state index contributed by atoms with van der Waals surface area (Å²) in [5.74, 6) is 3.67. The van der Waals surface area contributed by atoms with Gasteiger partial charge in [0, 0.05) is 0 Å². The number of hydrogen-bond acceptors (Lipinski definition) is 6. The topological polar surface area (TPSA) is 36.9 Å². The molecule has 0 aromatic carbocycles. The molecule has 2 aliphatic heterocycles. The zero-order valence-electron chi connectivity index (χ0n) is 14.6. The van der Waals surface area contributed by atoms with E-state index in [0.29, 0.717) is 55.4 Å². The summed E-state index contributed by atoms with van der Waals surface area (Å²) in [6.45, 7) is 2.55. The van der Waals surface area contributed by atoms with E-state index >= 15 is 0 Å². The number of fused-ring (bicyclic) bond motifs is 2. The van der Waals surface area contributed by atoms with E-state index in [1.807, 2.05) is 0 Å². The van der Waals surface area contributed by atoms with Crippen LogP contribution in [0.5, 0.6) is 23.0 Å². The van der Waals surface area contributed by atoms with Gasteiger partial charge in [-0.25, -0.2) is 0 Å². The fraction of sp³-hybridized carbons (Fsp3) is 0.200. The van der Waals surface area contributed by atoms with E-state index in [-0.39, 0.29) is 0 Å². The molecule has 6 heterocycles. The molecule has 4 aromatic rings. The molecule has 0 saturated heterocycles. The minimum atomic E-state index is 0.296. The van der Waals surface area contributed by atoms with Crippen LogP contribution in [0, 0.1) is 0 Å². The Morgan fingerprint density at radius 2 is 1.00 bits per heavy atom. The van der Waals surface area contributed by atoms with Crippen molar-refractivity contribution in [1.82, 2.24) is 0 Å². The van der Waals surface area contributed by atoms with Crippen molar-refractivity contribution in [2.45, 2.75) is 0 Å². The van der Waals surface area contributed by atoms with Gasteiger partial charge in [0.2, 0.25) is 0 Å². The van der Waals surface area contributed by atoms with Gasteiger partial charge in [-0.1, -0.05) is 0 Å². The van der Waals surface area contributed by atoms with Gasteiger partial charge in [0.25, 0.3) is 0 Å². The Morgan fingerprint density at radius 3 is 1.50 bits per heavy atom. The molecule has 4 aromatic heterocycles. The first-order valence-electron chi connectivity index (χ1n) is 8.82. The maximum atomic E-state index is 5.87. The van der Waals surface area contributed by atoms with Crippen LogP contribution in [0.1, 0.15) is 0 Å². The Bertz CT molecular complexity index is 1060. The van der Waals surface area contributed by atoms with Gasteiger partial charge in [0.05, 0.1) is 0 Å². The monoisotopic (exact) mass is 542 g/mol. The molecule has 2 aliphatic rings. The van der Waals surface area contributed by atoms with Gasteiger partial charge in [-0.05, 0) is 0 Å². The van der Waals surface area contributed by atoms with Crippen molar-refractivity contribution in [2.24, 2.45) is 0 Å². The predicted molar refractivity (Wildman–Crippen MR) is 114 cm³/mol. The predicted octanol–water partition coefficient (Wildman–Crippen LogP) is 4.47. The standard InChI is InChI=1S/C20H14O4S2Se2/c1-3-15(19-17-11(9-25-19)21-5-7-23-17)27-13(1)14-2-4-16(28-14)20-18-12(10-26-20)22-6-8-24-18/h1-4,9-10H,5-8H2. The van der Waals surface area contributed by atoms with E-state index in [1.165, 1.54) is 27.5 Å².